The van der Waals surface area contributed by atoms with Crippen molar-refractivity contribution < 1.29 is 9.18 Å². The standard InChI is InChI=1S/C12H12FN3OS/c13-8-2-1-7-5-10(18-9(7)6-8)12(17)15-11-3-4-14-16-11/h1-2,5-6,11,14,16H,3-4H2,(H,15,17). The number of carbonyl (C=O) groups is 1. The summed E-state index contributed by atoms with van der Waals surface area (Å²) in [5, 5.41) is 3.77. The van der Waals surface area contributed by atoms with E-state index in [1.54, 1.807) is 12.1 Å². The molecule has 3 N–H and O–H groups in total. The summed E-state index contributed by atoms with van der Waals surface area (Å²) in [7, 11) is 0. The van der Waals surface area contributed by atoms with E-state index >= 15 is 0 Å². The fraction of sp³-hybridized carbons (Fsp3) is 0.250. The second-order valence-corrected chi connectivity index (χ2v) is 5.26. The summed E-state index contributed by atoms with van der Waals surface area (Å²) in [5.41, 5.74) is 5.92. The van der Waals surface area contributed by atoms with Crippen molar-refractivity contribution in [1.29, 1.82) is 0 Å². The molecule has 1 aliphatic heterocycles. The van der Waals surface area contributed by atoms with Gasteiger partial charge in [-0.15, -0.1) is 11.3 Å². The lowest BCUT2D eigenvalue weighted by molar-refractivity contribution is 0.0936. The molecule has 0 aliphatic carbocycles. The van der Waals surface area contributed by atoms with Crippen LogP contribution >= 0.6 is 11.3 Å². The van der Waals surface area contributed by atoms with Gasteiger partial charge in [0, 0.05) is 11.2 Å². The third-order valence-electron chi connectivity index (χ3n) is 2.85. The predicted octanol–water partition coefficient (Wildman–Crippen LogP) is 1.59. The van der Waals surface area contributed by atoms with Crippen LogP contribution in [0.25, 0.3) is 10.1 Å². The van der Waals surface area contributed by atoms with E-state index < -0.39 is 0 Å². The van der Waals surface area contributed by atoms with Gasteiger partial charge in [0.15, 0.2) is 0 Å². The zero-order valence-corrected chi connectivity index (χ0v) is 10.3. The van der Waals surface area contributed by atoms with Crippen molar-refractivity contribution in [2.75, 3.05) is 6.54 Å². The zero-order chi connectivity index (χ0) is 12.5. The molecule has 1 aliphatic rings. The maximum atomic E-state index is 13.1. The van der Waals surface area contributed by atoms with Crippen molar-refractivity contribution >= 4 is 27.3 Å². The number of benzene rings is 1. The number of nitrogens with one attached hydrogen (secondary N) is 3. The van der Waals surface area contributed by atoms with E-state index in [1.807, 2.05) is 0 Å². The van der Waals surface area contributed by atoms with Crippen LogP contribution in [0, 0.1) is 5.82 Å². The lowest BCUT2D eigenvalue weighted by atomic mass is 10.2. The first kappa shape index (κ1) is 11.6. The van der Waals surface area contributed by atoms with Crippen LogP contribution in [0.3, 0.4) is 0 Å². The third-order valence-corrected chi connectivity index (χ3v) is 3.94. The molecular weight excluding hydrogens is 253 g/mol. The van der Waals surface area contributed by atoms with Crippen molar-refractivity contribution in [3.8, 4) is 0 Å². The summed E-state index contributed by atoms with van der Waals surface area (Å²) in [6.07, 6.45) is 0.810. The number of hydrogen-bond acceptors (Lipinski definition) is 4. The number of thiophene rings is 1. The number of rotatable bonds is 2. The van der Waals surface area contributed by atoms with Crippen LogP contribution in [-0.2, 0) is 0 Å². The zero-order valence-electron chi connectivity index (χ0n) is 9.50. The van der Waals surface area contributed by atoms with Gasteiger partial charge in [-0.25, -0.2) is 9.82 Å². The van der Waals surface area contributed by atoms with Gasteiger partial charge >= 0.3 is 0 Å². The van der Waals surface area contributed by atoms with Gasteiger partial charge in [-0.3, -0.25) is 10.2 Å². The Morgan fingerprint density at radius 1 is 1.44 bits per heavy atom. The van der Waals surface area contributed by atoms with Gasteiger partial charge in [0.2, 0.25) is 0 Å². The van der Waals surface area contributed by atoms with Gasteiger partial charge in [-0.05, 0) is 30.0 Å². The molecule has 1 unspecified atom stereocenters. The second-order valence-electron chi connectivity index (χ2n) is 4.18. The van der Waals surface area contributed by atoms with E-state index in [4.69, 9.17) is 0 Å². The quantitative estimate of drug-likeness (QED) is 0.773. The largest absolute Gasteiger partial charge is 0.335 e. The minimum Gasteiger partial charge on any atom is -0.335 e. The van der Waals surface area contributed by atoms with Gasteiger partial charge in [-0.1, -0.05) is 6.07 Å². The van der Waals surface area contributed by atoms with Crippen molar-refractivity contribution in [3.05, 3.63) is 35.0 Å². The summed E-state index contributed by atoms with van der Waals surface area (Å²) in [4.78, 5) is 12.6. The average molecular weight is 265 g/mol. The van der Waals surface area contributed by atoms with Gasteiger partial charge in [0.05, 0.1) is 11.0 Å². The van der Waals surface area contributed by atoms with Crippen LogP contribution in [0.2, 0.25) is 0 Å². The Morgan fingerprint density at radius 3 is 3.11 bits per heavy atom. The first-order chi connectivity index (χ1) is 8.72. The minimum absolute atomic E-state index is 0.0422. The molecular formula is C12H12FN3OS. The van der Waals surface area contributed by atoms with Crippen LogP contribution in [0.15, 0.2) is 24.3 Å². The maximum Gasteiger partial charge on any atom is 0.262 e. The van der Waals surface area contributed by atoms with E-state index in [0.717, 1.165) is 23.1 Å². The van der Waals surface area contributed by atoms with Crippen LogP contribution in [0.5, 0.6) is 0 Å². The van der Waals surface area contributed by atoms with E-state index in [9.17, 15) is 9.18 Å². The predicted molar refractivity (Wildman–Crippen MR) is 68.8 cm³/mol. The highest BCUT2D eigenvalue weighted by Gasteiger charge is 2.18. The van der Waals surface area contributed by atoms with E-state index in [1.165, 1.54) is 23.5 Å². The first-order valence-electron chi connectivity index (χ1n) is 5.71. The monoisotopic (exact) mass is 265 g/mol. The average Bonchev–Trinajstić information content (AvgIpc) is 2.96. The van der Waals surface area contributed by atoms with Crippen LogP contribution in [0.4, 0.5) is 4.39 Å². The van der Waals surface area contributed by atoms with Crippen LogP contribution in [0.1, 0.15) is 16.1 Å². The van der Waals surface area contributed by atoms with Gasteiger partial charge in [0.25, 0.3) is 5.91 Å². The molecule has 2 aromatic rings. The minimum atomic E-state index is -0.280. The van der Waals surface area contributed by atoms with Crippen LogP contribution < -0.4 is 16.2 Å². The Balaban J connectivity index is 1.82. The fourth-order valence-corrected chi connectivity index (χ4v) is 2.93. The molecule has 94 valence electrons. The van der Waals surface area contributed by atoms with Crippen molar-refractivity contribution in [3.63, 3.8) is 0 Å². The Kier molecular flexibility index (Phi) is 2.99. The molecule has 0 radical (unpaired) electrons. The Hall–Kier alpha value is -1.50. The molecule has 0 bridgehead atoms. The molecule has 0 spiro atoms. The summed E-state index contributed by atoms with van der Waals surface area (Å²) in [6, 6.07) is 6.33. The molecule has 1 fully saturated rings. The molecule has 2 heterocycles. The van der Waals surface area contributed by atoms with Gasteiger partial charge < -0.3 is 5.32 Å². The van der Waals surface area contributed by atoms with Gasteiger partial charge in [-0.2, -0.15) is 0 Å². The van der Waals surface area contributed by atoms with E-state index in [0.29, 0.717) is 4.88 Å². The lowest BCUT2D eigenvalue weighted by Gasteiger charge is -2.10. The summed E-state index contributed by atoms with van der Waals surface area (Å²) in [6.45, 7) is 0.836. The Labute approximate surface area is 107 Å². The second kappa shape index (κ2) is 4.64. The Morgan fingerprint density at radius 2 is 2.33 bits per heavy atom. The molecule has 6 heteroatoms. The molecule has 1 atom stereocenters. The third kappa shape index (κ3) is 2.22. The van der Waals surface area contributed by atoms with E-state index in [2.05, 4.69) is 16.2 Å². The summed E-state index contributed by atoms with van der Waals surface area (Å²) < 4.78 is 13.9. The molecule has 1 aromatic carbocycles. The number of halogens is 1. The van der Waals surface area contributed by atoms with Crippen molar-refractivity contribution in [2.24, 2.45) is 0 Å². The SMILES string of the molecule is O=C(NC1CCNN1)c1cc2ccc(F)cc2s1. The normalized spacial score (nSPS) is 19.3. The highest BCUT2D eigenvalue weighted by molar-refractivity contribution is 7.20. The molecule has 1 aromatic heterocycles. The first-order valence-corrected chi connectivity index (χ1v) is 6.52. The number of fused-ring (bicyclic) bond motifs is 1. The number of hydrazine groups is 1. The van der Waals surface area contributed by atoms with Crippen molar-refractivity contribution in [1.82, 2.24) is 16.2 Å². The number of amides is 1. The fourth-order valence-electron chi connectivity index (χ4n) is 1.94. The Bertz CT molecular complexity index is 592. The maximum absolute atomic E-state index is 13.1. The lowest BCUT2D eigenvalue weighted by Crippen LogP contribution is -2.43. The highest BCUT2D eigenvalue weighted by atomic mass is 32.1. The molecule has 3 rings (SSSR count). The topological polar surface area (TPSA) is 53.2 Å². The smallest absolute Gasteiger partial charge is 0.262 e. The summed E-state index contributed by atoms with van der Waals surface area (Å²) >= 11 is 1.30. The molecule has 4 nitrogen and oxygen atoms in total. The summed E-state index contributed by atoms with van der Waals surface area (Å²) in [5.74, 6) is -0.407. The highest BCUT2D eigenvalue weighted by Crippen LogP contribution is 2.26. The molecule has 18 heavy (non-hydrogen) atoms. The molecule has 1 amide bonds. The van der Waals surface area contributed by atoms with Crippen LogP contribution in [-0.4, -0.2) is 18.6 Å². The van der Waals surface area contributed by atoms with Crippen molar-refractivity contribution in [2.45, 2.75) is 12.6 Å². The van der Waals surface area contributed by atoms with Gasteiger partial charge in [0.1, 0.15) is 5.82 Å². The molecule has 0 saturated carbocycles. The van der Waals surface area contributed by atoms with E-state index in [-0.39, 0.29) is 17.9 Å². The molecule has 1 saturated heterocycles. The number of hydrogen-bond donors (Lipinski definition) is 3. The number of carbonyl (C=O) groups excluding carboxylic acids is 1.